The van der Waals surface area contributed by atoms with Gasteiger partial charge in [0.1, 0.15) is 11.4 Å². The second-order valence-electron chi connectivity index (χ2n) is 9.62. The van der Waals surface area contributed by atoms with Gasteiger partial charge in [0.15, 0.2) is 13.0 Å². The molecule has 0 bridgehead atoms. The molecule has 0 N–H and O–H groups in total. The Morgan fingerprint density at radius 1 is 0.513 bits per heavy atom. The zero-order chi connectivity index (χ0) is 26.0. The second kappa shape index (κ2) is 8.32. The first-order valence-electron chi connectivity index (χ1n) is 12.8. The van der Waals surface area contributed by atoms with Gasteiger partial charge in [-0.05, 0) is 36.4 Å². The van der Waals surface area contributed by atoms with Crippen LogP contribution >= 0.6 is 7.14 Å². The van der Waals surface area contributed by atoms with Crippen LogP contribution in [-0.4, -0.2) is 19.5 Å². The van der Waals surface area contributed by atoms with E-state index in [1.807, 2.05) is 127 Å². The van der Waals surface area contributed by atoms with E-state index in [9.17, 15) is 0 Å². The third kappa shape index (κ3) is 3.14. The molecule has 3 heterocycles. The van der Waals surface area contributed by atoms with E-state index in [0.717, 1.165) is 54.9 Å². The molecule has 1 aliphatic heterocycles. The smallest absolute Gasteiger partial charge is 0.175 e. The van der Waals surface area contributed by atoms with E-state index >= 15 is 4.57 Å². The molecule has 0 aliphatic carbocycles. The van der Waals surface area contributed by atoms with Crippen molar-refractivity contribution in [2.24, 2.45) is 0 Å². The van der Waals surface area contributed by atoms with E-state index in [4.69, 9.17) is 15.0 Å². The topological polar surface area (TPSA) is 60.7 Å². The fourth-order valence-electron chi connectivity index (χ4n) is 5.67. The van der Waals surface area contributed by atoms with Crippen LogP contribution in [0.15, 0.2) is 127 Å². The highest BCUT2D eigenvalue weighted by molar-refractivity contribution is 7.86. The molecule has 6 heteroatoms. The highest BCUT2D eigenvalue weighted by atomic mass is 31.2. The lowest BCUT2D eigenvalue weighted by Crippen LogP contribution is -2.32. The summed E-state index contributed by atoms with van der Waals surface area (Å²) in [6, 6.07) is 41.7. The van der Waals surface area contributed by atoms with E-state index < -0.39 is 7.14 Å². The molecule has 5 aromatic carbocycles. The molecular weight excluding hydrogens is 499 g/mol. The van der Waals surface area contributed by atoms with Gasteiger partial charge in [-0.1, -0.05) is 91.0 Å². The Morgan fingerprint density at radius 2 is 1.10 bits per heavy atom. The Balaban J connectivity index is 1.52. The van der Waals surface area contributed by atoms with Crippen LogP contribution in [0.2, 0.25) is 0 Å². The van der Waals surface area contributed by atoms with Crippen LogP contribution in [0.5, 0.6) is 0 Å². The summed E-state index contributed by atoms with van der Waals surface area (Å²) in [7, 11) is -3.15. The molecule has 1 atom stereocenters. The fraction of sp³-hybridized carbons (Fsp3) is 0. The zero-order valence-corrected chi connectivity index (χ0v) is 21.7. The highest BCUT2D eigenvalue weighted by Crippen LogP contribution is 2.50. The summed E-state index contributed by atoms with van der Waals surface area (Å²) >= 11 is 0. The van der Waals surface area contributed by atoms with Crippen LogP contribution in [0.3, 0.4) is 0 Å². The molecule has 5 nitrogen and oxygen atoms in total. The van der Waals surface area contributed by atoms with Crippen molar-refractivity contribution in [3.63, 3.8) is 0 Å². The third-order valence-corrected chi connectivity index (χ3v) is 10.5. The largest absolute Gasteiger partial charge is 0.308 e. The van der Waals surface area contributed by atoms with Gasteiger partial charge in [-0.2, -0.15) is 0 Å². The lowest BCUT2D eigenvalue weighted by molar-refractivity contribution is 0.592. The minimum atomic E-state index is -3.15. The maximum atomic E-state index is 15.2. The average Bonchev–Trinajstić information content (AvgIpc) is 3.40. The van der Waals surface area contributed by atoms with Crippen molar-refractivity contribution in [3.8, 4) is 28.5 Å². The van der Waals surface area contributed by atoms with Crippen molar-refractivity contribution >= 4 is 45.1 Å². The molecule has 2 aromatic heterocycles. The Labute approximate surface area is 224 Å². The second-order valence-corrected chi connectivity index (χ2v) is 12.3. The molecule has 0 amide bonds. The third-order valence-electron chi connectivity index (χ3n) is 7.41. The van der Waals surface area contributed by atoms with Gasteiger partial charge in [-0.25, -0.2) is 15.0 Å². The first-order chi connectivity index (χ1) is 19.2. The lowest BCUT2D eigenvalue weighted by atomic mass is 10.1. The predicted molar refractivity (Wildman–Crippen MR) is 158 cm³/mol. The molecule has 39 heavy (non-hydrogen) atoms. The minimum Gasteiger partial charge on any atom is -0.308 e. The first kappa shape index (κ1) is 22.2. The Bertz CT molecular complexity index is 2100. The maximum absolute atomic E-state index is 15.2. The number of nitrogens with zero attached hydrogens (tertiary/aromatic N) is 4. The van der Waals surface area contributed by atoms with Crippen LogP contribution in [0.4, 0.5) is 0 Å². The fourth-order valence-corrected chi connectivity index (χ4v) is 8.68. The van der Waals surface area contributed by atoms with Gasteiger partial charge in [-0.15, -0.1) is 0 Å². The van der Waals surface area contributed by atoms with Crippen molar-refractivity contribution in [2.75, 3.05) is 0 Å². The van der Waals surface area contributed by atoms with Crippen molar-refractivity contribution < 1.29 is 4.57 Å². The molecule has 0 saturated carbocycles. The molecule has 0 spiro atoms. The van der Waals surface area contributed by atoms with Crippen molar-refractivity contribution in [3.05, 3.63) is 127 Å². The van der Waals surface area contributed by atoms with Gasteiger partial charge < -0.3 is 4.57 Å². The maximum Gasteiger partial charge on any atom is 0.175 e. The number of imidazole rings is 1. The molecule has 1 aliphatic rings. The number of para-hydroxylation sites is 4. The van der Waals surface area contributed by atoms with Gasteiger partial charge >= 0.3 is 0 Å². The molecule has 7 aromatic rings. The number of aromatic nitrogens is 4. The number of hydrogen-bond acceptors (Lipinski definition) is 4. The average molecular weight is 521 g/mol. The van der Waals surface area contributed by atoms with E-state index in [-0.39, 0.29) is 0 Å². The van der Waals surface area contributed by atoms with Gasteiger partial charge in [0.2, 0.25) is 0 Å². The highest BCUT2D eigenvalue weighted by Gasteiger charge is 2.40. The van der Waals surface area contributed by atoms with Gasteiger partial charge in [0, 0.05) is 21.5 Å². The summed E-state index contributed by atoms with van der Waals surface area (Å²) in [5, 5.41) is 2.40. The molecule has 184 valence electrons. The number of benzene rings is 5. The number of fused-ring (bicyclic) bond motifs is 3. The first-order valence-corrected chi connectivity index (χ1v) is 14.5. The van der Waals surface area contributed by atoms with Crippen LogP contribution in [0.25, 0.3) is 50.5 Å². The van der Waals surface area contributed by atoms with E-state index in [0.29, 0.717) is 11.5 Å². The Morgan fingerprint density at radius 3 is 1.87 bits per heavy atom. The zero-order valence-electron chi connectivity index (χ0n) is 20.8. The van der Waals surface area contributed by atoms with E-state index in [1.165, 1.54) is 0 Å². The predicted octanol–water partition coefficient (Wildman–Crippen LogP) is 6.26. The van der Waals surface area contributed by atoms with Gasteiger partial charge in [0.05, 0.1) is 27.8 Å². The van der Waals surface area contributed by atoms with E-state index in [2.05, 4.69) is 4.57 Å². The van der Waals surface area contributed by atoms with Crippen LogP contribution in [0, 0.1) is 0 Å². The summed E-state index contributed by atoms with van der Waals surface area (Å²) in [5.41, 5.74) is 6.52. The number of rotatable bonds is 3. The molecule has 1 unspecified atom stereocenters. The van der Waals surface area contributed by atoms with Gasteiger partial charge in [0.25, 0.3) is 0 Å². The molecule has 8 rings (SSSR count). The van der Waals surface area contributed by atoms with Crippen molar-refractivity contribution in [1.82, 2.24) is 19.5 Å². The SMILES string of the molecule is O=P1(c2ccccc2)c2ccccc2-n2c(-c3nc4ccccc4nc3-c3ccccc3)nc3cccc1c32. The standard InChI is InChI=1S/C33H21N4OP/c38-39(23-14-5-2-6-15-23)28-20-10-9-19-27(28)37-32-26(18-11-21-29(32)39)36-33(37)31-30(22-12-3-1-4-13-22)34-24-16-7-8-17-25(24)35-31/h1-21H. The monoisotopic (exact) mass is 520 g/mol. The minimum absolute atomic E-state index is 0.682. The summed E-state index contributed by atoms with van der Waals surface area (Å²) in [6.07, 6.45) is 0. The molecular formula is C33H21N4OP. The van der Waals surface area contributed by atoms with Crippen molar-refractivity contribution in [1.29, 1.82) is 0 Å². The number of hydrogen-bond donors (Lipinski definition) is 0. The van der Waals surface area contributed by atoms with Crippen LogP contribution < -0.4 is 15.9 Å². The lowest BCUT2D eigenvalue weighted by Gasteiger charge is -2.29. The summed E-state index contributed by atoms with van der Waals surface area (Å²) in [6.45, 7) is 0. The van der Waals surface area contributed by atoms with Crippen molar-refractivity contribution in [2.45, 2.75) is 0 Å². The van der Waals surface area contributed by atoms with E-state index in [1.54, 1.807) is 0 Å². The molecule has 0 saturated heterocycles. The van der Waals surface area contributed by atoms with Crippen LogP contribution in [-0.2, 0) is 4.57 Å². The Hall–Kier alpha value is -4.86. The van der Waals surface area contributed by atoms with Crippen LogP contribution in [0.1, 0.15) is 0 Å². The normalized spacial score (nSPS) is 15.9. The Kier molecular flexibility index (Phi) is 4.73. The quantitative estimate of drug-likeness (QED) is 0.258. The summed E-state index contributed by atoms with van der Waals surface area (Å²) < 4.78 is 17.3. The summed E-state index contributed by atoms with van der Waals surface area (Å²) in [4.78, 5) is 15.3. The summed E-state index contributed by atoms with van der Waals surface area (Å²) in [5.74, 6) is 0.682. The molecule has 0 fully saturated rings. The molecule has 0 radical (unpaired) electrons. The van der Waals surface area contributed by atoms with Gasteiger partial charge in [-0.3, -0.25) is 4.57 Å².